The minimum Gasteiger partial charge on any atom is -0.326 e. The fourth-order valence-corrected chi connectivity index (χ4v) is 3.00. The third-order valence-corrected chi connectivity index (χ3v) is 5.44. The van der Waals surface area contributed by atoms with Gasteiger partial charge >= 0.3 is 0 Å². The lowest BCUT2D eigenvalue weighted by Crippen LogP contribution is -2.24. The molecule has 0 atom stereocenters. The Morgan fingerprint density at radius 1 is 1.04 bits per heavy atom. The van der Waals surface area contributed by atoms with Crippen molar-refractivity contribution < 1.29 is 18.0 Å². The largest absolute Gasteiger partial charge is 0.326 e. The van der Waals surface area contributed by atoms with E-state index in [9.17, 15) is 18.0 Å². The zero-order valence-corrected chi connectivity index (χ0v) is 17.3. The summed E-state index contributed by atoms with van der Waals surface area (Å²) in [4.78, 5) is 24.3. The minimum atomic E-state index is -3.36. The molecule has 0 aliphatic heterocycles. The molecule has 0 fully saturated rings. The van der Waals surface area contributed by atoms with Gasteiger partial charge in [-0.3, -0.25) is 13.9 Å². The molecule has 0 radical (unpaired) electrons. The second-order valence-corrected chi connectivity index (χ2v) is 8.57. The van der Waals surface area contributed by atoms with Gasteiger partial charge in [0.1, 0.15) is 0 Å². The maximum atomic E-state index is 12.6. The first-order valence-corrected chi connectivity index (χ1v) is 10.7. The van der Waals surface area contributed by atoms with Crippen molar-refractivity contribution in [3.05, 3.63) is 53.6 Å². The van der Waals surface area contributed by atoms with Crippen molar-refractivity contribution in [1.82, 2.24) is 0 Å². The lowest BCUT2D eigenvalue weighted by atomic mass is 10.1. The summed E-state index contributed by atoms with van der Waals surface area (Å²) >= 11 is 0. The maximum absolute atomic E-state index is 12.6. The smallest absolute Gasteiger partial charge is 0.255 e. The van der Waals surface area contributed by atoms with Gasteiger partial charge in [0.15, 0.2) is 0 Å². The van der Waals surface area contributed by atoms with Gasteiger partial charge in [0.05, 0.1) is 11.9 Å². The summed E-state index contributed by atoms with van der Waals surface area (Å²) in [5.74, 6) is -0.400. The van der Waals surface area contributed by atoms with E-state index in [2.05, 4.69) is 10.6 Å². The van der Waals surface area contributed by atoms with Crippen molar-refractivity contribution in [2.45, 2.75) is 26.7 Å². The Balaban J connectivity index is 2.15. The van der Waals surface area contributed by atoms with E-state index in [4.69, 9.17) is 0 Å². The van der Waals surface area contributed by atoms with Gasteiger partial charge < -0.3 is 10.6 Å². The van der Waals surface area contributed by atoms with Gasteiger partial charge in [-0.15, -0.1) is 0 Å². The van der Waals surface area contributed by atoms with Crippen LogP contribution < -0.4 is 14.9 Å². The molecule has 0 bridgehead atoms. The van der Waals surface area contributed by atoms with Crippen LogP contribution in [0, 0.1) is 6.92 Å². The predicted octanol–water partition coefficient (Wildman–Crippen LogP) is 3.38. The number of rotatable bonds is 7. The number of nitrogens with one attached hydrogen (secondary N) is 2. The van der Waals surface area contributed by atoms with Crippen molar-refractivity contribution in [3.8, 4) is 0 Å². The molecule has 2 N–H and O–H groups in total. The summed E-state index contributed by atoms with van der Waals surface area (Å²) in [5.41, 5.74) is 2.93. The molecule has 150 valence electrons. The molecule has 0 aromatic heterocycles. The second-order valence-electron chi connectivity index (χ2n) is 6.56. The highest BCUT2D eigenvalue weighted by Crippen LogP contribution is 2.22. The van der Waals surface area contributed by atoms with Crippen molar-refractivity contribution in [1.29, 1.82) is 0 Å². The summed E-state index contributed by atoms with van der Waals surface area (Å²) in [6.07, 6.45) is 2.30. The standard InChI is InChI=1S/C20H25N3O4S/c1-5-6-19(24)21-16-10-7-14(2)18(13-16)22-20(25)15-8-11-17(12-9-15)23(3)28(4,26)27/h7-13H,5-6H2,1-4H3,(H,21,24)(H,22,25). The third kappa shape index (κ3) is 5.56. The molecule has 0 spiro atoms. The first-order chi connectivity index (χ1) is 13.1. The summed E-state index contributed by atoms with van der Waals surface area (Å²) < 4.78 is 24.3. The second kappa shape index (κ2) is 8.88. The SMILES string of the molecule is CCCC(=O)Nc1ccc(C)c(NC(=O)c2ccc(N(C)S(C)(=O)=O)cc2)c1. The van der Waals surface area contributed by atoms with Crippen LogP contribution in [0.4, 0.5) is 17.1 Å². The number of carbonyl (C=O) groups is 2. The zero-order chi connectivity index (χ0) is 20.9. The molecule has 2 aromatic rings. The van der Waals surface area contributed by atoms with E-state index in [1.165, 1.54) is 7.05 Å². The summed E-state index contributed by atoms with van der Waals surface area (Å²) in [5, 5.41) is 5.63. The van der Waals surface area contributed by atoms with Gasteiger partial charge in [-0.2, -0.15) is 0 Å². The minimum absolute atomic E-state index is 0.0748. The molecule has 2 amide bonds. The Kier molecular flexibility index (Phi) is 6.80. The van der Waals surface area contributed by atoms with Crippen molar-refractivity contribution in [2.24, 2.45) is 0 Å². The number of carbonyl (C=O) groups excluding carboxylic acids is 2. The van der Waals surface area contributed by atoms with E-state index in [0.29, 0.717) is 29.0 Å². The van der Waals surface area contributed by atoms with Crippen LogP contribution in [0.25, 0.3) is 0 Å². The molecule has 0 saturated carbocycles. The Morgan fingerprint density at radius 2 is 1.68 bits per heavy atom. The van der Waals surface area contributed by atoms with E-state index in [1.54, 1.807) is 36.4 Å². The van der Waals surface area contributed by atoms with Crippen LogP contribution in [0.3, 0.4) is 0 Å². The van der Waals surface area contributed by atoms with Gasteiger partial charge in [0, 0.05) is 30.4 Å². The Hall–Kier alpha value is -2.87. The molecule has 0 heterocycles. The Labute approximate surface area is 165 Å². The van der Waals surface area contributed by atoms with E-state index in [-0.39, 0.29) is 11.8 Å². The number of amides is 2. The van der Waals surface area contributed by atoms with Crippen molar-refractivity contribution in [2.75, 3.05) is 28.2 Å². The summed E-state index contributed by atoms with van der Waals surface area (Å²) in [6, 6.07) is 11.6. The highest BCUT2D eigenvalue weighted by Gasteiger charge is 2.14. The van der Waals surface area contributed by atoms with Gasteiger partial charge in [-0.05, 0) is 55.3 Å². The molecule has 2 aromatic carbocycles. The number of hydrogen-bond donors (Lipinski definition) is 2. The number of benzene rings is 2. The van der Waals surface area contributed by atoms with E-state index < -0.39 is 10.0 Å². The van der Waals surface area contributed by atoms with Gasteiger partial charge in [-0.25, -0.2) is 8.42 Å². The molecular weight excluding hydrogens is 378 g/mol. The van der Waals surface area contributed by atoms with Crippen molar-refractivity contribution >= 4 is 38.9 Å². The summed E-state index contributed by atoms with van der Waals surface area (Å²) in [6.45, 7) is 3.79. The number of aryl methyl sites for hydroxylation is 1. The molecule has 8 heteroatoms. The summed E-state index contributed by atoms with van der Waals surface area (Å²) in [7, 11) is -1.91. The van der Waals surface area contributed by atoms with E-state index >= 15 is 0 Å². The quantitative estimate of drug-likeness (QED) is 0.741. The Morgan fingerprint density at radius 3 is 2.25 bits per heavy atom. The van der Waals surface area contributed by atoms with Crippen LogP contribution >= 0.6 is 0 Å². The zero-order valence-electron chi connectivity index (χ0n) is 16.4. The highest BCUT2D eigenvalue weighted by molar-refractivity contribution is 7.92. The molecule has 7 nitrogen and oxygen atoms in total. The van der Waals surface area contributed by atoms with Crippen molar-refractivity contribution in [3.63, 3.8) is 0 Å². The lowest BCUT2D eigenvalue weighted by molar-refractivity contribution is -0.116. The van der Waals surface area contributed by atoms with Crippen LogP contribution in [-0.4, -0.2) is 33.5 Å². The van der Waals surface area contributed by atoms with E-state index in [1.807, 2.05) is 19.9 Å². The van der Waals surface area contributed by atoms with Crippen LogP contribution in [-0.2, 0) is 14.8 Å². The molecule has 28 heavy (non-hydrogen) atoms. The number of nitrogens with zero attached hydrogens (tertiary/aromatic N) is 1. The van der Waals surface area contributed by atoms with Gasteiger partial charge in [0.25, 0.3) is 5.91 Å². The monoisotopic (exact) mass is 403 g/mol. The predicted molar refractivity (Wildman–Crippen MR) is 112 cm³/mol. The maximum Gasteiger partial charge on any atom is 0.255 e. The number of anilines is 3. The average molecular weight is 404 g/mol. The van der Waals surface area contributed by atoms with Crippen LogP contribution in [0.1, 0.15) is 35.7 Å². The Bertz CT molecular complexity index is 969. The first kappa shape index (κ1) is 21.4. The average Bonchev–Trinajstić information content (AvgIpc) is 2.63. The van der Waals surface area contributed by atoms with Gasteiger partial charge in [0.2, 0.25) is 15.9 Å². The first-order valence-electron chi connectivity index (χ1n) is 8.87. The molecule has 0 aliphatic carbocycles. The lowest BCUT2D eigenvalue weighted by Gasteiger charge is -2.17. The van der Waals surface area contributed by atoms with Crippen LogP contribution in [0.5, 0.6) is 0 Å². The van der Waals surface area contributed by atoms with Crippen LogP contribution in [0.2, 0.25) is 0 Å². The number of sulfonamides is 1. The topological polar surface area (TPSA) is 95.6 Å². The highest BCUT2D eigenvalue weighted by atomic mass is 32.2. The van der Waals surface area contributed by atoms with E-state index in [0.717, 1.165) is 22.5 Å². The number of hydrogen-bond acceptors (Lipinski definition) is 4. The fourth-order valence-electron chi connectivity index (χ4n) is 2.49. The van der Waals surface area contributed by atoms with Crippen LogP contribution in [0.15, 0.2) is 42.5 Å². The molecule has 0 saturated heterocycles. The normalized spacial score (nSPS) is 11.0. The molecule has 0 aliphatic rings. The van der Waals surface area contributed by atoms with Gasteiger partial charge in [-0.1, -0.05) is 13.0 Å². The molecular formula is C20H25N3O4S. The fraction of sp³-hybridized carbons (Fsp3) is 0.300. The molecule has 0 unspecified atom stereocenters. The third-order valence-electron chi connectivity index (χ3n) is 4.24. The molecule has 2 rings (SSSR count).